The Balaban J connectivity index is 3.37. The fourth-order valence-corrected chi connectivity index (χ4v) is 5.54. The molecule has 0 aromatic rings. The molecule has 0 amide bonds. The summed E-state index contributed by atoms with van der Waals surface area (Å²) >= 11 is 1.92. The zero-order chi connectivity index (χ0) is 25.4. The van der Waals surface area contributed by atoms with E-state index in [0.717, 1.165) is 58.8 Å². The Morgan fingerprint density at radius 3 is 1.65 bits per heavy atom. The zero-order valence-corrected chi connectivity index (χ0v) is 24.7. The highest BCUT2D eigenvalue weighted by Crippen LogP contribution is 2.40. The number of hydrogen-bond donors (Lipinski definition) is 5. The van der Waals surface area contributed by atoms with Gasteiger partial charge in [0.2, 0.25) is 0 Å². The first-order valence-corrected chi connectivity index (χ1v) is 15.5. The van der Waals surface area contributed by atoms with Crippen molar-refractivity contribution in [2.45, 2.75) is 112 Å². The van der Waals surface area contributed by atoms with E-state index in [1.165, 1.54) is 76.4 Å². The first-order chi connectivity index (χ1) is 16.3. The maximum atomic E-state index is 5.48. The van der Waals surface area contributed by atoms with Gasteiger partial charge >= 0.3 is 0 Å². The van der Waals surface area contributed by atoms with E-state index >= 15 is 0 Å². The maximum absolute atomic E-state index is 5.48. The van der Waals surface area contributed by atoms with Gasteiger partial charge in [-0.1, -0.05) is 65.8 Å². The van der Waals surface area contributed by atoms with Crippen molar-refractivity contribution in [1.29, 1.82) is 0 Å². The number of unbranched alkanes of at least 4 members (excludes halogenated alkanes) is 3. The predicted octanol–water partition coefficient (Wildman–Crippen LogP) is 5.71. The molecule has 0 aromatic carbocycles. The quantitative estimate of drug-likeness (QED) is 0.0734. The lowest BCUT2D eigenvalue weighted by Gasteiger charge is -2.35. The van der Waals surface area contributed by atoms with Crippen LogP contribution in [0.1, 0.15) is 112 Å². The zero-order valence-electron chi connectivity index (χ0n) is 23.8. The van der Waals surface area contributed by atoms with Gasteiger partial charge in [-0.25, -0.2) is 0 Å². The summed E-state index contributed by atoms with van der Waals surface area (Å²) in [6, 6.07) is 0. The molecule has 0 atom stereocenters. The van der Waals surface area contributed by atoms with Gasteiger partial charge in [-0.3, -0.25) is 4.72 Å². The van der Waals surface area contributed by atoms with Crippen LogP contribution >= 0.6 is 11.9 Å². The van der Waals surface area contributed by atoms with Gasteiger partial charge in [0.25, 0.3) is 0 Å². The molecule has 6 heteroatoms. The van der Waals surface area contributed by atoms with Gasteiger partial charge in [0.05, 0.1) is 0 Å². The van der Waals surface area contributed by atoms with Crippen LogP contribution in [0, 0.1) is 10.8 Å². The van der Waals surface area contributed by atoms with Gasteiger partial charge in [-0.2, -0.15) is 0 Å². The summed E-state index contributed by atoms with van der Waals surface area (Å²) in [5.74, 6) is 1.22. The third-order valence-electron chi connectivity index (χ3n) is 6.47. The van der Waals surface area contributed by atoms with Gasteiger partial charge < -0.3 is 21.7 Å². The molecule has 0 bridgehead atoms. The lowest BCUT2D eigenvalue weighted by Crippen LogP contribution is -2.25. The molecule has 0 rings (SSSR count). The first-order valence-electron chi connectivity index (χ1n) is 14.5. The molecule has 0 aliphatic rings. The molecule has 0 saturated heterocycles. The molecule has 0 aliphatic heterocycles. The average molecular weight is 502 g/mol. The van der Waals surface area contributed by atoms with Crippen LogP contribution < -0.4 is 26.4 Å². The molecule has 34 heavy (non-hydrogen) atoms. The van der Waals surface area contributed by atoms with Crippen molar-refractivity contribution >= 4 is 11.9 Å². The van der Waals surface area contributed by atoms with E-state index in [1.54, 1.807) is 0 Å². The summed E-state index contributed by atoms with van der Waals surface area (Å²) in [6.45, 7) is 20.7. The van der Waals surface area contributed by atoms with Crippen molar-refractivity contribution in [3.05, 3.63) is 0 Å². The predicted molar refractivity (Wildman–Crippen MR) is 157 cm³/mol. The van der Waals surface area contributed by atoms with E-state index in [4.69, 9.17) is 5.73 Å². The van der Waals surface area contributed by atoms with Crippen LogP contribution in [0.25, 0.3) is 0 Å². The summed E-state index contributed by atoms with van der Waals surface area (Å²) in [4.78, 5) is 0. The van der Waals surface area contributed by atoms with Crippen LogP contribution in [0.2, 0.25) is 0 Å². The SMILES string of the molecule is CCCCCC(C)(C)CC(C)(C)CCCSNCCCNCCCNCCCCNCCCN. The lowest BCUT2D eigenvalue weighted by atomic mass is 9.71. The molecule has 0 unspecified atom stereocenters. The third-order valence-corrected chi connectivity index (χ3v) is 7.37. The number of nitrogens with one attached hydrogen (secondary N) is 4. The van der Waals surface area contributed by atoms with Crippen molar-refractivity contribution in [2.75, 3.05) is 58.1 Å². The normalized spacial score (nSPS) is 12.5. The van der Waals surface area contributed by atoms with Gasteiger partial charge in [-0.15, -0.1) is 0 Å². The Morgan fingerprint density at radius 1 is 0.588 bits per heavy atom. The number of nitrogens with two attached hydrogens (primary N) is 1. The van der Waals surface area contributed by atoms with Gasteiger partial charge in [0.15, 0.2) is 0 Å². The monoisotopic (exact) mass is 501 g/mol. The molecule has 0 aromatic heterocycles. The fraction of sp³-hybridized carbons (Fsp3) is 1.00. The van der Waals surface area contributed by atoms with Crippen molar-refractivity contribution < 1.29 is 0 Å². The smallest absolute Gasteiger partial charge is 0.00788 e. The summed E-state index contributed by atoms with van der Waals surface area (Å²) in [5.41, 5.74) is 6.42. The molecule has 5 nitrogen and oxygen atoms in total. The van der Waals surface area contributed by atoms with Gasteiger partial charge in [0.1, 0.15) is 0 Å². The van der Waals surface area contributed by atoms with Crippen molar-refractivity contribution in [1.82, 2.24) is 20.7 Å². The minimum atomic E-state index is 0.455. The summed E-state index contributed by atoms with van der Waals surface area (Å²) in [6.07, 6.45) is 15.5. The minimum absolute atomic E-state index is 0.455. The largest absolute Gasteiger partial charge is 0.330 e. The second kappa shape index (κ2) is 23.5. The van der Waals surface area contributed by atoms with Crippen LogP contribution in [0.4, 0.5) is 0 Å². The van der Waals surface area contributed by atoms with Crippen LogP contribution in [0.3, 0.4) is 0 Å². The lowest BCUT2D eigenvalue weighted by molar-refractivity contribution is 0.167. The highest BCUT2D eigenvalue weighted by Gasteiger charge is 2.27. The molecule has 206 valence electrons. The molecule has 0 spiro atoms. The van der Waals surface area contributed by atoms with Gasteiger partial charge in [-0.05, 0) is 114 Å². The van der Waals surface area contributed by atoms with E-state index in [-0.39, 0.29) is 0 Å². The number of hydrogen-bond acceptors (Lipinski definition) is 6. The van der Waals surface area contributed by atoms with E-state index in [1.807, 2.05) is 11.9 Å². The molecule has 0 saturated carbocycles. The van der Waals surface area contributed by atoms with Crippen LogP contribution in [-0.2, 0) is 0 Å². The van der Waals surface area contributed by atoms with Crippen molar-refractivity contribution in [3.63, 3.8) is 0 Å². The summed E-state index contributed by atoms with van der Waals surface area (Å²) in [5, 5.41) is 10.5. The van der Waals surface area contributed by atoms with Gasteiger partial charge in [0, 0.05) is 12.3 Å². The molecule has 0 aliphatic carbocycles. The Kier molecular flexibility index (Phi) is 23.6. The van der Waals surface area contributed by atoms with Crippen LogP contribution in [0.5, 0.6) is 0 Å². The van der Waals surface area contributed by atoms with E-state index in [9.17, 15) is 0 Å². The summed E-state index contributed by atoms with van der Waals surface area (Å²) < 4.78 is 3.55. The fourth-order valence-electron chi connectivity index (χ4n) is 4.82. The Labute approximate surface area is 218 Å². The Bertz CT molecular complexity index is 418. The first kappa shape index (κ1) is 34.1. The van der Waals surface area contributed by atoms with Crippen molar-refractivity contribution in [3.8, 4) is 0 Å². The highest BCUT2D eigenvalue weighted by atomic mass is 32.2. The molecular weight excluding hydrogens is 438 g/mol. The standard InChI is InChI=1S/C28H63N5S/c1-6-7-8-15-27(2,3)26-28(4,5)16-11-25-34-33-24-14-23-32-22-13-21-31-19-10-9-18-30-20-12-17-29/h30-33H,6-26,29H2,1-5H3. The Morgan fingerprint density at radius 2 is 1.09 bits per heavy atom. The second-order valence-corrected chi connectivity index (χ2v) is 12.6. The summed E-state index contributed by atoms with van der Waals surface area (Å²) in [7, 11) is 0. The van der Waals surface area contributed by atoms with Crippen LogP contribution in [-0.4, -0.2) is 58.1 Å². The number of rotatable bonds is 27. The van der Waals surface area contributed by atoms with E-state index < -0.39 is 0 Å². The molecule has 6 N–H and O–H groups in total. The van der Waals surface area contributed by atoms with E-state index in [2.05, 4.69) is 55.3 Å². The third kappa shape index (κ3) is 25.2. The minimum Gasteiger partial charge on any atom is -0.330 e. The highest BCUT2D eigenvalue weighted by molar-refractivity contribution is 7.97. The topological polar surface area (TPSA) is 74.1 Å². The average Bonchev–Trinajstić information content (AvgIpc) is 2.77. The molecule has 0 radical (unpaired) electrons. The molecule has 0 heterocycles. The van der Waals surface area contributed by atoms with Crippen molar-refractivity contribution in [2.24, 2.45) is 16.6 Å². The maximum Gasteiger partial charge on any atom is 0.00788 e. The second-order valence-electron chi connectivity index (χ2n) is 11.6. The Hall–Kier alpha value is 0.150. The van der Waals surface area contributed by atoms with Crippen LogP contribution in [0.15, 0.2) is 0 Å². The molecular formula is C28H63N5S. The van der Waals surface area contributed by atoms with E-state index in [0.29, 0.717) is 10.8 Å². The molecule has 0 fully saturated rings.